The van der Waals surface area contributed by atoms with Gasteiger partial charge in [-0.1, -0.05) is 39.5 Å². The molecule has 1 amide bonds. The summed E-state index contributed by atoms with van der Waals surface area (Å²) in [6.45, 7) is 8.75. The molecule has 136 valence electrons. The maximum atomic E-state index is 12.6. The summed E-state index contributed by atoms with van der Waals surface area (Å²) in [5.74, 6) is 0.245. The lowest BCUT2D eigenvalue weighted by molar-refractivity contribution is -0.117. The van der Waals surface area contributed by atoms with Crippen LogP contribution in [-0.4, -0.2) is 21.1 Å². The van der Waals surface area contributed by atoms with Crippen LogP contribution in [0.1, 0.15) is 51.0 Å². The third kappa shape index (κ3) is 3.62. The number of H-pyrrole nitrogens is 1. The van der Waals surface area contributed by atoms with Crippen LogP contribution in [0.4, 0.5) is 0 Å². The second-order valence-corrected chi connectivity index (χ2v) is 10.1. The highest BCUT2D eigenvalue weighted by molar-refractivity contribution is 8.00. The lowest BCUT2D eigenvalue weighted by atomic mass is 9.72. The SMILES string of the molecule is CCC(Sc1nc2sc3c(c2c(=O)[nH]1)CCC(C(C)(C)C)C3)C(N)=O. The normalized spacial score (nSPS) is 19.0. The number of carbonyl (C=O) groups excluding carboxylic acids is 1. The highest BCUT2D eigenvalue weighted by atomic mass is 32.2. The van der Waals surface area contributed by atoms with Gasteiger partial charge in [-0.15, -0.1) is 11.3 Å². The number of carbonyl (C=O) groups is 1. The van der Waals surface area contributed by atoms with Crippen molar-refractivity contribution in [3.05, 3.63) is 20.8 Å². The van der Waals surface area contributed by atoms with Crippen LogP contribution in [0.5, 0.6) is 0 Å². The van der Waals surface area contributed by atoms with Crippen molar-refractivity contribution in [2.75, 3.05) is 0 Å². The maximum Gasteiger partial charge on any atom is 0.260 e. The number of hydrogen-bond donors (Lipinski definition) is 2. The van der Waals surface area contributed by atoms with Gasteiger partial charge < -0.3 is 10.7 Å². The number of aromatic amines is 1. The van der Waals surface area contributed by atoms with E-state index in [1.54, 1.807) is 11.3 Å². The number of nitrogens with zero attached hydrogens (tertiary/aromatic N) is 1. The zero-order chi connectivity index (χ0) is 18.4. The quantitative estimate of drug-likeness (QED) is 0.628. The maximum absolute atomic E-state index is 12.6. The number of nitrogens with two attached hydrogens (primary N) is 1. The van der Waals surface area contributed by atoms with Crippen molar-refractivity contribution in [3.63, 3.8) is 0 Å². The Morgan fingerprint density at radius 3 is 2.80 bits per heavy atom. The molecular weight excluding hydrogens is 354 g/mol. The van der Waals surface area contributed by atoms with Crippen LogP contribution in [0.25, 0.3) is 10.2 Å². The molecule has 2 heterocycles. The number of rotatable bonds is 4. The molecule has 25 heavy (non-hydrogen) atoms. The molecule has 5 nitrogen and oxygen atoms in total. The molecule has 1 aliphatic carbocycles. The highest BCUT2D eigenvalue weighted by Gasteiger charge is 2.31. The second-order valence-electron chi connectivity index (χ2n) is 7.78. The van der Waals surface area contributed by atoms with Crippen LogP contribution in [-0.2, 0) is 17.6 Å². The predicted molar refractivity (Wildman–Crippen MR) is 104 cm³/mol. The van der Waals surface area contributed by atoms with Crippen LogP contribution in [0.2, 0.25) is 0 Å². The standard InChI is InChI=1S/C18H25N3O2S2/c1-5-11(14(19)22)25-17-20-15(23)13-10-7-6-9(18(2,3)4)8-12(10)24-16(13)21-17/h9,11H,5-8H2,1-4H3,(H2,19,22)(H,20,21,23). The lowest BCUT2D eigenvalue weighted by Gasteiger charge is -2.33. The minimum Gasteiger partial charge on any atom is -0.369 e. The number of amides is 1. The summed E-state index contributed by atoms with van der Waals surface area (Å²) >= 11 is 2.87. The van der Waals surface area contributed by atoms with Gasteiger partial charge in [0.15, 0.2) is 5.16 Å². The van der Waals surface area contributed by atoms with Crippen LogP contribution < -0.4 is 11.3 Å². The first-order valence-corrected chi connectivity index (χ1v) is 10.4. The number of fused-ring (bicyclic) bond motifs is 3. The van der Waals surface area contributed by atoms with Crippen LogP contribution in [0, 0.1) is 11.3 Å². The predicted octanol–water partition coefficient (Wildman–Crippen LogP) is 3.49. The molecule has 0 saturated carbocycles. The van der Waals surface area contributed by atoms with E-state index < -0.39 is 0 Å². The third-order valence-electron chi connectivity index (χ3n) is 5.06. The molecule has 2 aromatic rings. The molecule has 0 fully saturated rings. The number of nitrogens with one attached hydrogen (secondary N) is 1. The summed E-state index contributed by atoms with van der Waals surface area (Å²) < 4.78 is 0. The van der Waals surface area contributed by atoms with Gasteiger partial charge in [0.2, 0.25) is 5.91 Å². The zero-order valence-corrected chi connectivity index (χ0v) is 16.8. The average Bonchev–Trinajstić information content (AvgIpc) is 2.89. The van der Waals surface area contributed by atoms with Crippen LogP contribution >= 0.6 is 23.1 Å². The fourth-order valence-corrected chi connectivity index (χ4v) is 5.64. The second kappa shape index (κ2) is 6.76. The van der Waals surface area contributed by atoms with E-state index in [-0.39, 0.29) is 22.1 Å². The van der Waals surface area contributed by atoms with Crippen LogP contribution in [0.15, 0.2) is 9.95 Å². The Kier molecular flexibility index (Phi) is 4.99. The molecule has 2 aromatic heterocycles. The summed E-state index contributed by atoms with van der Waals surface area (Å²) in [7, 11) is 0. The first kappa shape index (κ1) is 18.5. The Balaban J connectivity index is 1.98. The summed E-state index contributed by atoms with van der Waals surface area (Å²) in [5, 5.41) is 0.846. The minimum absolute atomic E-state index is 0.0986. The number of hydrogen-bond acceptors (Lipinski definition) is 5. The molecule has 0 bridgehead atoms. The summed E-state index contributed by atoms with van der Waals surface area (Å²) in [4.78, 5) is 33.6. The smallest absolute Gasteiger partial charge is 0.260 e. The van der Waals surface area contributed by atoms with E-state index in [4.69, 9.17) is 5.73 Å². The molecule has 0 radical (unpaired) electrons. The number of thioether (sulfide) groups is 1. The molecule has 2 unspecified atom stereocenters. The Morgan fingerprint density at radius 2 is 2.20 bits per heavy atom. The summed E-state index contributed by atoms with van der Waals surface area (Å²) in [5.41, 5.74) is 6.75. The van der Waals surface area contributed by atoms with Gasteiger partial charge in [0, 0.05) is 4.88 Å². The Morgan fingerprint density at radius 1 is 1.48 bits per heavy atom. The van der Waals surface area contributed by atoms with E-state index in [1.165, 1.54) is 22.2 Å². The third-order valence-corrected chi connectivity index (χ3v) is 7.48. The largest absolute Gasteiger partial charge is 0.369 e. The van der Waals surface area contributed by atoms with Gasteiger partial charge in [0.05, 0.1) is 10.6 Å². The highest BCUT2D eigenvalue weighted by Crippen LogP contribution is 2.42. The fourth-order valence-electron chi connectivity index (χ4n) is 3.44. The van der Waals surface area contributed by atoms with Gasteiger partial charge in [-0.3, -0.25) is 9.59 Å². The number of primary amides is 1. The van der Waals surface area contributed by atoms with E-state index >= 15 is 0 Å². The van der Waals surface area contributed by atoms with Crippen molar-refractivity contribution in [2.45, 2.75) is 63.8 Å². The monoisotopic (exact) mass is 379 g/mol. The summed E-state index contributed by atoms with van der Waals surface area (Å²) in [6, 6.07) is 0. The molecule has 3 N–H and O–H groups in total. The van der Waals surface area contributed by atoms with Gasteiger partial charge in [-0.05, 0) is 42.6 Å². The number of thiophene rings is 1. The van der Waals surface area contributed by atoms with E-state index in [0.717, 1.165) is 29.5 Å². The van der Waals surface area contributed by atoms with Gasteiger partial charge in [0.1, 0.15) is 4.83 Å². The van der Waals surface area contributed by atoms with Crippen molar-refractivity contribution in [1.29, 1.82) is 0 Å². The zero-order valence-electron chi connectivity index (χ0n) is 15.1. The fraction of sp³-hybridized carbons (Fsp3) is 0.611. The van der Waals surface area contributed by atoms with E-state index in [0.29, 0.717) is 17.5 Å². The molecule has 0 aliphatic heterocycles. The van der Waals surface area contributed by atoms with Crippen molar-refractivity contribution < 1.29 is 4.79 Å². The Bertz CT molecular complexity index is 864. The first-order valence-electron chi connectivity index (χ1n) is 8.71. The van der Waals surface area contributed by atoms with Gasteiger partial charge in [-0.2, -0.15) is 0 Å². The van der Waals surface area contributed by atoms with Gasteiger partial charge in [0.25, 0.3) is 5.56 Å². The first-order chi connectivity index (χ1) is 11.7. The van der Waals surface area contributed by atoms with E-state index in [1.807, 2.05) is 6.92 Å². The molecule has 1 aliphatic rings. The van der Waals surface area contributed by atoms with Crippen LogP contribution in [0.3, 0.4) is 0 Å². The van der Waals surface area contributed by atoms with Crippen molar-refractivity contribution >= 4 is 39.2 Å². The van der Waals surface area contributed by atoms with E-state index in [9.17, 15) is 9.59 Å². The lowest BCUT2D eigenvalue weighted by Crippen LogP contribution is -2.26. The van der Waals surface area contributed by atoms with Crippen molar-refractivity contribution in [2.24, 2.45) is 17.1 Å². The minimum atomic E-state index is -0.381. The Labute approximate surface area is 155 Å². The van der Waals surface area contributed by atoms with Crippen molar-refractivity contribution in [3.8, 4) is 0 Å². The van der Waals surface area contributed by atoms with Gasteiger partial charge >= 0.3 is 0 Å². The molecule has 0 saturated heterocycles. The molecule has 7 heteroatoms. The average molecular weight is 380 g/mol. The summed E-state index contributed by atoms with van der Waals surface area (Å²) in [6.07, 6.45) is 3.67. The van der Waals surface area contributed by atoms with Crippen molar-refractivity contribution in [1.82, 2.24) is 9.97 Å². The molecule has 3 rings (SSSR count). The molecular formula is C18H25N3O2S2. The van der Waals surface area contributed by atoms with E-state index in [2.05, 4.69) is 30.7 Å². The molecule has 2 atom stereocenters. The molecule has 0 spiro atoms. The number of aryl methyl sites for hydroxylation is 1. The number of aromatic nitrogens is 2. The molecule has 0 aromatic carbocycles. The Hall–Kier alpha value is -1.34. The topological polar surface area (TPSA) is 88.8 Å². The van der Waals surface area contributed by atoms with Gasteiger partial charge in [-0.25, -0.2) is 4.98 Å².